The molecule has 0 amide bonds. The first-order valence-electron chi connectivity index (χ1n) is 8.00. The van der Waals surface area contributed by atoms with Crippen molar-refractivity contribution in [2.45, 2.75) is 45.7 Å². The molecule has 1 N–H and O–H groups in total. The largest absolute Gasteiger partial charge is 0.366 e. The van der Waals surface area contributed by atoms with Crippen LogP contribution >= 0.6 is 11.3 Å². The zero-order valence-corrected chi connectivity index (χ0v) is 14.0. The Hall–Kier alpha value is -1.13. The molecule has 0 spiro atoms. The number of aromatic nitrogens is 1. The predicted molar refractivity (Wildman–Crippen MR) is 92.3 cm³/mol. The summed E-state index contributed by atoms with van der Waals surface area (Å²) in [5, 5.41) is 3.73. The molecule has 1 aromatic carbocycles. The van der Waals surface area contributed by atoms with Crippen molar-refractivity contribution in [1.82, 2.24) is 10.3 Å². The average Bonchev–Trinajstić information content (AvgIpc) is 2.94. The van der Waals surface area contributed by atoms with Crippen LogP contribution < -0.4 is 10.2 Å². The van der Waals surface area contributed by atoms with Crippen LogP contribution in [0.2, 0.25) is 0 Å². The van der Waals surface area contributed by atoms with Crippen molar-refractivity contribution in [3.05, 3.63) is 23.7 Å². The van der Waals surface area contributed by atoms with Gasteiger partial charge in [0.2, 0.25) is 0 Å². The van der Waals surface area contributed by atoms with Crippen molar-refractivity contribution < 1.29 is 0 Å². The topological polar surface area (TPSA) is 28.2 Å². The van der Waals surface area contributed by atoms with Gasteiger partial charge in [-0.05, 0) is 37.0 Å². The Balaban J connectivity index is 1.84. The van der Waals surface area contributed by atoms with E-state index in [2.05, 4.69) is 54.2 Å². The molecule has 0 bridgehead atoms. The summed E-state index contributed by atoms with van der Waals surface area (Å²) in [6, 6.07) is 7.91. The van der Waals surface area contributed by atoms with Gasteiger partial charge in [-0.15, -0.1) is 11.3 Å². The molecule has 0 aliphatic carbocycles. The molecule has 2 atom stereocenters. The van der Waals surface area contributed by atoms with E-state index in [1.165, 1.54) is 23.2 Å². The van der Waals surface area contributed by atoms with E-state index in [1.54, 1.807) is 11.3 Å². The molecule has 21 heavy (non-hydrogen) atoms. The van der Waals surface area contributed by atoms with E-state index in [-0.39, 0.29) is 0 Å². The van der Waals surface area contributed by atoms with Gasteiger partial charge >= 0.3 is 0 Å². The van der Waals surface area contributed by atoms with Gasteiger partial charge in [-0.2, -0.15) is 0 Å². The third-order valence-electron chi connectivity index (χ3n) is 4.37. The van der Waals surface area contributed by atoms with Gasteiger partial charge in [-0.3, -0.25) is 0 Å². The van der Waals surface area contributed by atoms with Crippen LogP contribution in [0.5, 0.6) is 0 Å². The van der Waals surface area contributed by atoms with Gasteiger partial charge in [0.25, 0.3) is 0 Å². The zero-order valence-electron chi connectivity index (χ0n) is 13.2. The monoisotopic (exact) mass is 303 g/mol. The number of piperazine rings is 1. The predicted octanol–water partition coefficient (Wildman–Crippen LogP) is 3.90. The number of benzene rings is 1. The van der Waals surface area contributed by atoms with Gasteiger partial charge in [0.05, 0.1) is 15.7 Å². The molecule has 0 radical (unpaired) electrons. The van der Waals surface area contributed by atoms with Crippen LogP contribution in [0.25, 0.3) is 10.2 Å². The van der Waals surface area contributed by atoms with E-state index in [0.717, 1.165) is 24.5 Å². The molecule has 2 heterocycles. The van der Waals surface area contributed by atoms with Gasteiger partial charge in [0.15, 0.2) is 0 Å². The molecule has 1 saturated heterocycles. The highest BCUT2D eigenvalue weighted by Crippen LogP contribution is 2.28. The summed E-state index contributed by atoms with van der Waals surface area (Å²) in [4.78, 5) is 6.99. The SMILES string of the molecule is CCC1CNC(CC(C)C)CN1c1ccc2ncsc2c1. The average molecular weight is 303 g/mol. The second-order valence-electron chi connectivity index (χ2n) is 6.45. The Labute approximate surface area is 131 Å². The molecule has 4 heteroatoms. The van der Waals surface area contributed by atoms with Crippen LogP contribution in [0, 0.1) is 5.92 Å². The summed E-state index contributed by atoms with van der Waals surface area (Å²) in [5.74, 6) is 0.742. The second kappa shape index (κ2) is 6.32. The van der Waals surface area contributed by atoms with Crippen molar-refractivity contribution in [2.24, 2.45) is 5.92 Å². The molecule has 0 saturated carbocycles. The quantitative estimate of drug-likeness (QED) is 0.928. The van der Waals surface area contributed by atoms with E-state index >= 15 is 0 Å². The molecule has 2 aromatic rings. The smallest absolute Gasteiger partial charge is 0.0813 e. The lowest BCUT2D eigenvalue weighted by atomic mass is 9.98. The van der Waals surface area contributed by atoms with E-state index < -0.39 is 0 Å². The summed E-state index contributed by atoms with van der Waals surface area (Å²) in [7, 11) is 0. The molecular weight excluding hydrogens is 278 g/mol. The third kappa shape index (κ3) is 3.22. The van der Waals surface area contributed by atoms with Gasteiger partial charge in [-0.1, -0.05) is 20.8 Å². The summed E-state index contributed by atoms with van der Waals surface area (Å²) < 4.78 is 1.29. The fraction of sp³-hybridized carbons (Fsp3) is 0.588. The maximum Gasteiger partial charge on any atom is 0.0813 e. The van der Waals surface area contributed by atoms with Gasteiger partial charge in [0.1, 0.15) is 0 Å². The molecule has 1 aliphatic rings. The number of fused-ring (bicyclic) bond motifs is 1. The van der Waals surface area contributed by atoms with E-state index in [9.17, 15) is 0 Å². The lowest BCUT2D eigenvalue weighted by Crippen LogP contribution is -2.56. The van der Waals surface area contributed by atoms with Crippen molar-refractivity contribution >= 4 is 27.2 Å². The molecule has 1 aliphatic heterocycles. The van der Waals surface area contributed by atoms with Crippen molar-refractivity contribution in [3.8, 4) is 0 Å². The second-order valence-corrected chi connectivity index (χ2v) is 7.34. The molecule has 3 nitrogen and oxygen atoms in total. The number of nitrogens with one attached hydrogen (secondary N) is 1. The molecule has 1 aromatic heterocycles. The lowest BCUT2D eigenvalue weighted by molar-refractivity contribution is 0.343. The van der Waals surface area contributed by atoms with E-state index in [1.807, 2.05) is 5.51 Å². The molecule has 2 unspecified atom stereocenters. The molecule has 3 rings (SSSR count). The number of thiazole rings is 1. The Kier molecular flexibility index (Phi) is 4.45. The Morgan fingerprint density at radius 2 is 2.29 bits per heavy atom. The third-order valence-corrected chi connectivity index (χ3v) is 5.17. The highest BCUT2D eigenvalue weighted by atomic mass is 32.1. The standard InChI is InChI=1S/C17H25N3S/c1-4-14-9-18-13(7-12(2)3)10-20(14)15-5-6-16-17(8-15)21-11-19-16/h5-6,8,11-14,18H,4,7,9-10H2,1-3H3. The van der Waals surface area contributed by atoms with Crippen LogP contribution in [-0.4, -0.2) is 30.2 Å². The van der Waals surface area contributed by atoms with Gasteiger partial charge in [0, 0.05) is 30.9 Å². The first-order valence-corrected chi connectivity index (χ1v) is 8.88. The summed E-state index contributed by atoms with van der Waals surface area (Å²) in [6.45, 7) is 9.10. The van der Waals surface area contributed by atoms with Crippen molar-refractivity contribution in [2.75, 3.05) is 18.0 Å². The Bertz CT molecular complexity index is 592. The number of hydrogen-bond donors (Lipinski definition) is 1. The number of nitrogens with zero attached hydrogens (tertiary/aromatic N) is 2. The maximum atomic E-state index is 4.39. The zero-order chi connectivity index (χ0) is 14.8. The maximum absolute atomic E-state index is 4.39. The van der Waals surface area contributed by atoms with E-state index in [0.29, 0.717) is 12.1 Å². The highest BCUT2D eigenvalue weighted by molar-refractivity contribution is 7.16. The van der Waals surface area contributed by atoms with Crippen LogP contribution in [0.4, 0.5) is 5.69 Å². The van der Waals surface area contributed by atoms with Crippen LogP contribution in [-0.2, 0) is 0 Å². The fourth-order valence-electron chi connectivity index (χ4n) is 3.29. The van der Waals surface area contributed by atoms with Crippen molar-refractivity contribution in [3.63, 3.8) is 0 Å². The van der Waals surface area contributed by atoms with Crippen LogP contribution in [0.1, 0.15) is 33.6 Å². The summed E-state index contributed by atoms with van der Waals surface area (Å²) in [6.07, 6.45) is 2.43. The van der Waals surface area contributed by atoms with Gasteiger partial charge in [-0.25, -0.2) is 4.98 Å². The highest BCUT2D eigenvalue weighted by Gasteiger charge is 2.27. The molecule has 114 valence electrons. The minimum atomic E-state index is 0.596. The van der Waals surface area contributed by atoms with Crippen LogP contribution in [0.15, 0.2) is 23.7 Å². The first kappa shape index (κ1) is 14.8. The Morgan fingerprint density at radius 1 is 1.43 bits per heavy atom. The molecular formula is C17H25N3S. The Morgan fingerprint density at radius 3 is 3.05 bits per heavy atom. The molecule has 1 fully saturated rings. The lowest BCUT2D eigenvalue weighted by Gasteiger charge is -2.42. The van der Waals surface area contributed by atoms with Gasteiger partial charge < -0.3 is 10.2 Å². The minimum absolute atomic E-state index is 0.596. The number of anilines is 1. The van der Waals surface area contributed by atoms with Crippen molar-refractivity contribution in [1.29, 1.82) is 0 Å². The van der Waals surface area contributed by atoms with E-state index in [4.69, 9.17) is 0 Å². The summed E-state index contributed by atoms with van der Waals surface area (Å²) in [5.41, 5.74) is 4.41. The van der Waals surface area contributed by atoms with Crippen LogP contribution in [0.3, 0.4) is 0 Å². The number of hydrogen-bond acceptors (Lipinski definition) is 4. The first-order chi connectivity index (χ1) is 10.2. The fourth-order valence-corrected chi connectivity index (χ4v) is 4.00. The minimum Gasteiger partial charge on any atom is -0.366 e. The normalized spacial score (nSPS) is 23.1. The number of rotatable bonds is 4. The summed E-state index contributed by atoms with van der Waals surface area (Å²) >= 11 is 1.73.